The zero-order valence-electron chi connectivity index (χ0n) is 6.77. The molecule has 0 aromatic carbocycles. The molecule has 5 nitrogen and oxygen atoms in total. The summed E-state index contributed by atoms with van der Waals surface area (Å²) in [4.78, 5) is 10.9. The second-order valence-corrected chi connectivity index (χ2v) is 2.95. The highest BCUT2D eigenvalue weighted by Crippen LogP contribution is 2.08. The Morgan fingerprint density at radius 2 is 2.38 bits per heavy atom. The van der Waals surface area contributed by atoms with Crippen LogP contribution in [0.15, 0.2) is 12.7 Å². The number of nitrogens with one attached hydrogen (secondary N) is 1. The number of aromatic amines is 1. The van der Waals surface area contributed by atoms with Gasteiger partial charge in [-0.15, -0.1) is 0 Å². The Labute approximate surface area is 79.1 Å². The number of H-pyrrole nitrogens is 1. The summed E-state index contributed by atoms with van der Waals surface area (Å²) in [5, 5.41) is 8.76. The standard InChI is InChI=1S/C7H8N4OS/c12-2-1-11-4-10-5-6(11)8-3-9-7(5)13/h3-4,12H,1-2H2,(H,8,9,13). The van der Waals surface area contributed by atoms with Gasteiger partial charge in [0.05, 0.1) is 19.3 Å². The fourth-order valence-corrected chi connectivity index (χ4v) is 1.38. The molecule has 2 aromatic heterocycles. The maximum Gasteiger partial charge on any atom is 0.157 e. The van der Waals surface area contributed by atoms with Gasteiger partial charge in [0.15, 0.2) is 4.64 Å². The van der Waals surface area contributed by atoms with Crippen molar-refractivity contribution in [3.05, 3.63) is 17.3 Å². The first-order valence-electron chi connectivity index (χ1n) is 3.82. The summed E-state index contributed by atoms with van der Waals surface area (Å²) >= 11 is 4.98. The Bertz CT molecular complexity index is 475. The quantitative estimate of drug-likeness (QED) is 0.686. The van der Waals surface area contributed by atoms with Crippen molar-refractivity contribution in [3.63, 3.8) is 0 Å². The molecule has 0 unspecified atom stereocenters. The van der Waals surface area contributed by atoms with Crippen molar-refractivity contribution < 1.29 is 5.11 Å². The van der Waals surface area contributed by atoms with Gasteiger partial charge < -0.3 is 14.7 Å². The molecule has 0 fully saturated rings. The van der Waals surface area contributed by atoms with Crippen molar-refractivity contribution in [1.82, 2.24) is 19.5 Å². The Morgan fingerprint density at radius 1 is 1.54 bits per heavy atom. The van der Waals surface area contributed by atoms with Crippen LogP contribution in [0.2, 0.25) is 0 Å². The summed E-state index contributed by atoms with van der Waals surface area (Å²) in [7, 11) is 0. The molecule has 13 heavy (non-hydrogen) atoms. The minimum absolute atomic E-state index is 0.0778. The van der Waals surface area contributed by atoms with E-state index in [9.17, 15) is 0 Å². The minimum Gasteiger partial charge on any atom is -0.395 e. The highest BCUT2D eigenvalue weighted by Gasteiger charge is 2.02. The lowest BCUT2D eigenvalue weighted by atomic mass is 10.5. The van der Waals surface area contributed by atoms with Crippen LogP contribution in [-0.4, -0.2) is 31.2 Å². The van der Waals surface area contributed by atoms with Gasteiger partial charge in [0.25, 0.3) is 0 Å². The number of imidazole rings is 1. The van der Waals surface area contributed by atoms with Gasteiger partial charge >= 0.3 is 0 Å². The zero-order chi connectivity index (χ0) is 9.26. The predicted molar refractivity (Wildman–Crippen MR) is 49.8 cm³/mol. The number of aliphatic hydroxyl groups is 1. The number of fused-ring (bicyclic) bond motifs is 1. The molecule has 2 rings (SSSR count). The minimum atomic E-state index is 0.0778. The Kier molecular flexibility index (Phi) is 2.07. The monoisotopic (exact) mass is 196 g/mol. The highest BCUT2D eigenvalue weighted by molar-refractivity contribution is 7.71. The third kappa shape index (κ3) is 1.34. The summed E-state index contributed by atoms with van der Waals surface area (Å²) in [6, 6.07) is 0. The van der Waals surface area contributed by atoms with E-state index in [1.807, 2.05) is 0 Å². The first-order valence-corrected chi connectivity index (χ1v) is 4.23. The van der Waals surface area contributed by atoms with E-state index >= 15 is 0 Å². The van der Waals surface area contributed by atoms with Crippen LogP contribution in [0.25, 0.3) is 11.2 Å². The van der Waals surface area contributed by atoms with E-state index in [0.717, 1.165) is 5.65 Å². The number of hydrogen-bond donors (Lipinski definition) is 2. The molecule has 2 N–H and O–H groups in total. The molecule has 0 bridgehead atoms. The van der Waals surface area contributed by atoms with E-state index in [1.54, 1.807) is 10.9 Å². The molecule has 0 spiro atoms. The average Bonchev–Trinajstić information content (AvgIpc) is 2.51. The number of nitrogens with zero attached hydrogens (tertiary/aromatic N) is 3. The fourth-order valence-electron chi connectivity index (χ4n) is 1.18. The summed E-state index contributed by atoms with van der Waals surface area (Å²) in [5.41, 5.74) is 1.47. The van der Waals surface area contributed by atoms with Gasteiger partial charge in [-0.05, 0) is 0 Å². The molecule has 0 amide bonds. The van der Waals surface area contributed by atoms with Crippen LogP contribution in [0.1, 0.15) is 0 Å². The van der Waals surface area contributed by atoms with Crippen LogP contribution in [0.5, 0.6) is 0 Å². The molecular formula is C7H8N4OS. The highest BCUT2D eigenvalue weighted by atomic mass is 32.1. The van der Waals surface area contributed by atoms with Gasteiger partial charge in [-0.2, -0.15) is 0 Å². The summed E-state index contributed by atoms with van der Waals surface area (Å²) < 4.78 is 2.28. The second kappa shape index (κ2) is 3.23. The molecule has 6 heteroatoms. The molecule has 68 valence electrons. The molecule has 0 saturated heterocycles. The van der Waals surface area contributed by atoms with Gasteiger partial charge in [0.1, 0.15) is 11.2 Å². The lowest BCUT2D eigenvalue weighted by Gasteiger charge is -1.98. The molecule has 2 aromatic rings. The molecule has 0 aliphatic rings. The largest absolute Gasteiger partial charge is 0.395 e. The average molecular weight is 196 g/mol. The smallest absolute Gasteiger partial charge is 0.157 e. The lowest BCUT2D eigenvalue weighted by molar-refractivity contribution is 0.277. The number of hydrogen-bond acceptors (Lipinski definition) is 4. The summed E-state index contributed by atoms with van der Waals surface area (Å²) in [6.45, 7) is 0.584. The topological polar surface area (TPSA) is 66.7 Å². The van der Waals surface area contributed by atoms with Crippen molar-refractivity contribution >= 4 is 23.4 Å². The second-order valence-electron chi connectivity index (χ2n) is 2.57. The first-order chi connectivity index (χ1) is 6.33. The van der Waals surface area contributed by atoms with Gasteiger partial charge in [0, 0.05) is 6.54 Å². The SMILES string of the molecule is OCCn1cnc2c(=S)nc[nH]c21. The van der Waals surface area contributed by atoms with E-state index in [-0.39, 0.29) is 6.61 Å². The van der Waals surface area contributed by atoms with Crippen molar-refractivity contribution in [1.29, 1.82) is 0 Å². The van der Waals surface area contributed by atoms with Crippen LogP contribution in [0.3, 0.4) is 0 Å². The van der Waals surface area contributed by atoms with Crippen LogP contribution >= 0.6 is 12.2 Å². The van der Waals surface area contributed by atoms with Gasteiger partial charge in [-0.1, -0.05) is 12.2 Å². The number of rotatable bonds is 2. The summed E-state index contributed by atoms with van der Waals surface area (Å²) in [6.07, 6.45) is 3.16. The zero-order valence-corrected chi connectivity index (χ0v) is 7.58. The van der Waals surface area contributed by atoms with Crippen molar-refractivity contribution in [2.75, 3.05) is 6.61 Å². The van der Waals surface area contributed by atoms with Crippen LogP contribution < -0.4 is 0 Å². The Balaban J connectivity index is 2.68. The predicted octanol–water partition coefficient (Wildman–Crippen LogP) is 0.481. The van der Waals surface area contributed by atoms with E-state index < -0.39 is 0 Å². The van der Waals surface area contributed by atoms with E-state index in [2.05, 4.69) is 15.0 Å². The molecule has 0 saturated carbocycles. The first kappa shape index (κ1) is 8.33. The van der Waals surface area contributed by atoms with E-state index in [0.29, 0.717) is 16.7 Å². The molecular weight excluding hydrogens is 188 g/mol. The van der Waals surface area contributed by atoms with E-state index in [4.69, 9.17) is 17.3 Å². The summed E-state index contributed by atoms with van der Waals surface area (Å²) in [5.74, 6) is 0. The van der Waals surface area contributed by atoms with Crippen molar-refractivity contribution in [3.8, 4) is 0 Å². The normalized spacial score (nSPS) is 10.8. The molecule has 0 aliphatic heterocycles. The third-order valence-electron chi connectivity index (χ3n) is 1.76. The molecule has 0 atom stereocenters. The Hall–Kier alpha value is -1.27. The number of aromatic nitrogens is 4. The molecule has 2 heterocycles. The maximum atomic E-state index is 8.76. The van der Waals surface area contributed by atoms with Gasteiger partial charge in [-0.3, -0.25) is 0 Å². The lowest BCUT2D eigenvalue weighted by Crippen LogP contribution is -2.01. The molecule has 0 aliphatic carbocycles. The van der Waals surface area contributed by atoms with Gasteiger partial charge in [-0.25, -0.2) is 9.97 Å². The van der Waals surface area contributed by atoms with Crippen molar-refractivity contribution in [2.24, 2.45) is 0 Å². The van der Waals surface area contributed by atoms with Gasteiger partial charge in [0.2, 0.25) is 0 Å². The number of aliphatic hydroxyl groups excluding tert-OH is 1. The Morgan fingerprint density at radius 3 is 3.15 bits per heavy atom. The maximum absolute atomic E-state index is 8.76. The van der Waals surface area contributed by atoms with Crippen LogP contribution in [0, 0.1) is 4.64 Å². The third-order valence-corrected chi connectivity index (χ3v) is 2.06. The fraction of sp³-hybridized carbons (Fsp3) is 0.286. The van der Waals surface area contributed by atoms with Crippen molar-refractivity contribution in [2.45, 2.75) is 6.54 Å². The van der Waals surface area contributed by atoms with E-state index in [1.165, 1.54) is 6.33 Å². The molecule has 0 radical (unpaired) electrons. The van der Waals surface area contributed by atoms with Crippen LogP contribution in [-0.2, 0) is 6.54 Å². The van der Waals surface area contributed by atoms with Crippen LogP contribution in [0.4, 0.5) is 0 Å².